The number of H-pyrrole nitrogens is 1. The minimum atomic E-state index is -2.82. The molecule has 0 atom stereocenters. The number of pyridine rings is 1. The van der Waals surface area contributed by atoms with Gasteiger partial charge >= 0.3 is 6.61 Å². The zero-order valence-electron chi connectivity index (χ0n) is 9.68. The van der Waals surface area contributed by atoms with Crippen LogP contribution in [0.5, 0.6) is 5.75 Å². The van der Waals surface area contributed by atoms with Crippen molar-refractivity contribution < 1.29 is 13.5 Å². The van der Waals surface area contributed by atoms with Crippen LogP contribution in [-0.2, 0) is 0 Å². The lowest BCUT2D eigenvalue weighted by Gasteiger charge is -2.04. The average Bonchev–Trinajstić information content (AvgIpc) is 2.82. The quantitative estimate of drug-likeness (QED) is 0.787. The monoisotopic (exact) mass is 261 g/mol. The Labute approximate surface area is 107 Å². The lowest BCUT2D eigenvalue weighted by Crippen LogP contribution is -2.01. The van der Waals surface area contributed by atoms with Crippen molar-refractivity contribution in [3.8, 4) is 17.1 Å². The highest BCUT2D eigenvalue weighted by molar-refractivity contribution is 5.75. The second-order valence-corrected chi connectivity index (χ2v) is 3.86. The summed E-state index contributed by atoms with van der Waals surface area (Å²) in [4.78, 5) is 11.5. The molecule has 4 nitrogen and oxygen atoms in total. The van der Waals surface area contributed by atoms with Crippen LogP contribution in [0, 0.1) is 0 Å². The maximum Gasteiger partial charge on any atom is 0.387 e. The van der Waals surface area contributed by atoms with E-state index in [2.05, 4.69) is 19.7 Å². The molecular weight excluding hydrogens is 252 g/mol. The third kappa shape index (κ3) is 2.37. The molecule has 1 aromatic carbocycles. The molecule has 0 fully saturated rings. The Morgan fingerprint density at radius 1 is 1.11 bits per heavy atom. The van der Waals surface area contributed by atoms with Crippen LogP contribution in [0.25, 0.3) is 22.6 Å². The van der Waals surface area contributed by atoms with Gasteiger partial charge in [-0.05, 0) is 36.4 Å². The van der Waals surface area contributed by atoms with Crippen molar-refractivity contribution >= 4 is 11.2 Å². The zero-order valence-corrected chi connectivity index (χ0v) is 9.68. The minimum Gasteiger partial charge on any atom is -0.435 e. The van der Waals surface area contributed by atoms with Crippen molar-refractivity contribution in [1.29, 1.82) is 0 Å². The molecule has 0 radical (unpaired) electrons. The summed E-state index contributed by atoms with van der Waals surface area (Å²) >= 11 is 0. The molecule has 1 N–H and O–H groups in total. The number of aromatic nitrogens is 3. The minimum absolute atomic E-state index is 0.119. The Bertz CT molecular complexity index is 661. The summed E-state index contributed by atoms with van der Waals surface area (Å²) in [6.07, 6.45) is 1.66. The van der Waals surface area contributed by atoms with Crippen LogP contribution >= 0.6 is 0 Å². The maximum atomic E-state index is 12.0. The average molecular weight is 261 g/mol. The van der Waals surface area contributed by atoms with Crippen LogP contribution in [0.1, 0.15) is 0 Å². The summed E-state index contributed by atoms with van der Waals surface area (Å²) in [5, 5.41) is 0. The van der Waals surface area contributed by atoms with Gasteiger partial charge in [0, 0.05) is 11.8 Å². The van der Waals surface area contributed by atoms with Gasteiger partial charge in [0.25, 0.3) is 0 Å². The van der Waals surface area contributed by atoms with E-state index in [1.165, 1.54) is 12.1 Å². The van der Waals surface area contributed by atoms with Crippen molar-refractivity contribution in [2.45, 2.75) is 6.61 Å². The second-order valence-electron chi connectivity index (χ2n) is 3.86. The summed E-state index contributed by atoms with van der Waals surface area (Å²) in [5.74, 6) is 0.755. The van der Waals surface area contributed by atoms with Gasteiger partial charge in [-0.3, -0.25) is 0 Å². The number of rotatable bonds is 3. The maximum absolute atomic E-state index is 12.0. The number of ether oxygens (including phenoxy) is 1. The number of fused-ring (bicyclic) bond motifs is 1. The third-order valence-corrected chi connectivity index (χ3v) is 2.61. The van der Waals surface area contributed by atoms with Gasteiger partial charge < -0.3 is 9.72 Å². The highest BCUT2D eigenvalue weighted by Crippen LogP contribution is 2.22. The first-order valence-electron chi connectivity index (χ1n) is 5.58. The standard InChI is InChI=1S/C13H9F2N3O/c14-13(15)19-9-5-3-8(4-6-9)11-17-10-2-1-7-16-12(10)18-11/h1-7,13H,(H,16,17,18). The molecule has 0 aliphatic heterocycles. The van der Waals surface area contributed by atoms with Crippen LogP contribution in [0.3, 0.4) is 0 Å². The molecule has 0 aliphatic carbocycles. The number of alkyl halides is 2. The van der Waals surface area contributed by atoms with Crippen LogP contribution < -0.4 is 4.74 Å². The van der Waals surface area contributed by atoms with E-state index in [0.717, 1.165) is 11.1 Å². The zero-order chi connectivity index (χ0) is 13.2. The fraction of sp³-hybridized carbons (Fsp3) is 0.0769. The van der Waals surface area contributed by atoms with E-state index in [9.17, 15) is 8.78 Å². The SMILES string of the molecule is FC(F)Oc1ccc(-c2nc3ncccc3[nH]2)cc1. The summed E-state index contributed by atoms with van der Waals surface area (Å²) in [5.41, 5.74) is 2.22. The van der Waals surface area contributed by atoms with Crippen LogP contribution in [0.15, 0.2) is 42.6 Å². The normalized spacial score (nSPS) is 11.1. The Hall–Kier alpha value is -2.50. The van der Waals surface area contributed by atoms with Gasteiger partial charge in [0.15, 0.2) is 5.65 Å². The van der Waals surface area contributed by atoms with Gasteiger partial charge in [-0.15, -0.1) is 0 Å². The van der Waals surface area contributed by atoms with E-state index in [-0.39, 0.29) is 5.75 Å². The molecule has 0 bridgehead atoms. The smallest absolute Gasteiger partial charge is 0.387 e. The van der Waals surface area contributed by atoms with Gasteiger partial charge in [-0.2, -0.15) is 8.78 Å². The lowest BCUT2D eigenvalue weighted by molar-refractivity contribution is -0.0498. The summed E-state index contributed by atoms with van der Waals surface area (Å²) < 4.78 is 28.4. The first-order chi connectivity index (χ1) is 9.22. The molecule has 0 saturated heterocycles. The largest absolute Gasteiger partial charge is 0.435 e. The number of hydrogen-bond donors (Lipinski definition) is 1. The highest BCUT2D eigenvalue weighted by atomic mass is 19.3. The third-order valence-electron chi connectivity index (χ3n) is 2.61. The Kier molecular flexibility index (Phi) is 2.83. The van der Waals surface area contributed by atoms with Gasteiger partial charge in [0.05, 0.1) is 5.52 Å². The number of nitrogens with one attached hydrogen (secondary N) is 1. The van der Waals surface area contributed by atoms with Crippen LogP contribution in [0.4, 0.5) is 8.78 Å². The molecule has 3 aromatic rings. The van der Waals surface area contributed by atoms with Crippen molar-refractivity contribution in [3.05, 3.63) is 42.6 Å². The summed E-state index contributed by atoms with van der Waals surface area (Å²) in [7, 11) is 0. The number of benzene rings is 1. The van der Waals surface area contributed by atoms with Crippen molar-refractivity contribution in [3.63, 3.8) is 0 Å². The van der Waals surface area contributed by atoms with E-state index in [4.69, 9.17) is 0 Å². The molecule has 0 spiro atoms. The fourth-order valence-corrected chi connectivity index (χ4v) is 1.78. The molecule has 0 aliphatic rings. The highest BCUT2D eigenvalue weighted by Gasteiger charge is 2.07. The van der Waals surface area contributed by atoms with Gasteiger partial charge in [0.1, 0.15) is 11.6 Å². The van der Waals surface area contributed by atoms with Crippen LogP contribution in [-0.4, -0.2) is 21.6 Å². The van der Waals surface area contributed by atoms with Gasteiger partial charge in [-0.25, -0.2) is 9.97 Å². The van der Waals surface area contributed by atoms with E-state index in [0.29, 0.717) is 11.5 Å². The molecular formula is C13H9F2N3O. The van der Waals surface area contributed by atoms with Gasteiger partial charge in [0.2, 0.25) is 0 Å². The first kappa shape index (κ1) is 11.6. The molecule has 0 saturated carbocycles. The molecule has 6 heteroatoms. The second kappa shape index (κ2) is 4.64. The lowest BCUT2D eigenvalue weighted by atomic mass is 10.2. The van der Waals surface area contributed by atoms with Crippen molar-refractivity contribution in [1.82, 2.24) is 15.0 Å². The van der Waals surface area contributed by atoms with E-state index < -0.39 is 6.61 Å². The van der Waals surface area contributed by atoms with Crippen molar-refractivity contribution in [2.24, 2.45) is 0 Å². The van der Waals surface area contributed by atoms with E-state index in [1.54, 1.807) is 18.3 Å². The van der Waals surface area contributed by atoms with E-state index in [1.807, 2.05) is 12.1 Å². The summed E-state index contributed by atoms with van der Waals surface area (Å²) in [6.45, 7) is -2.82. The Morgan fingerprint density at radius 2 is 1.89 bits per heavy atom. The summed E-state index contributed by atoms with van der Waals surface area (Å²) in [6, 6.07) is 9.95. The molecule has 3 rings (SSSR count). The molecule has 2 heterocycles. The molecule has 0 unspecified atom stereocenters. The van der Waals surface area contributed by atoms with Crippen LogP contribution in [0.2, 0.25) is 0 Å². The number of imidazole rings is 1. The predicted molar refractivity (Wildman–Crippen MR) is 66.0 cm³/mol. The number of hydrogen-bond acceptors (Lipinski definition) is 3. The Balaban J connectivity index is 1.93. The van der Waals surface area contributed by atoms with Gasteiger partial charge in [-0.1, -0.05) is 0 Å². The fourth-order valence-electron chi connectivity index (χ4n) is 1.78. The molecule has 2 aromatic heterocycles. The first-order valence-corrected chi connectivity index (χ1v) is 5.58. The topological polar surface area (TPSA) is 50.8 Å². The molecule has 96 valence electrons. The Morgan fingerprint density at radius 3 is 2.58 bits per heavy atom. The molecule has 19 heavy (non-hydrogen) atoms. The number of nitrogens with zero attached hydrogens (tertiary/aromatic N) is 2. The molecule has 0 amide bonds. The number of halogens is 2. The number of aromatic amines is 1. The predicted octanol–water partition coefficient (Wildman–Crippen LogP) is 3.23. The van der Waals surface area contributed by atoms with E-state index >= 15 is 0 Å². The van der Waals surface area contributed by atoms with Crippen molar-refractivity contribution in [2.75, 3.05) is 0 Å².